The summed E-state index contributed by atoms with van der Waals surface area (Å²) < 4.78 is 34.5. The topological polar surface area (TPSA) is 102 Å². The molecule has 0 aliphatic carbocycles. The van der Waals surface area contributed by atoms with E-state index in [1.807, 2.05) is 6.92 Å². The number of ether oxygens (including phenoxy) is 2. The van der Waals surface area contributed by atoms with Crippen molar-refractivity contribution in [2.24, 2.45) is 0 Å². The SMILES string of the molecule is COc1cnc(Cl)cc1-c1cc(C)ncc1C(=O)Nc1nc2c(s1)CN(Cc1cnc(OC(F)F)cc1Cl)C2. The van der Waals surface area contributed by atoms with Crippen molar-refractivity contribution >= 4 is 45.6 Å². The van der Waals surface area contributed by atoms with Crippen molar-refractivity contribution in [1.29, 1.82) is 0 Å². The zero-order valence-electron chi connectivity index (χ0n) is 20.5. The summed E-state index contributed by atoms with van der Waals surface area (Å²) in [7, 11) is 1.52. The van der Waals surface area contributed by atoms with E-state index in [9.17, 15) is 13.6 Å². The van der Waals surface area contributed by atoms with E-state index in [0.717, 1.165) is 16.3 Å². The fourth-order valence-electron chi connectivity index (χ4n) is 4.14. The number of rotatable bonds is 8. The number of thiazole rings is 1. The van der Waals surface area contributed by atoms with Gasteiger partial charge in [-0.2, -0.15) is 8.78 Å². The summed E-state index contributed by atoms with van der Waals surface area (Å²) in [6.07, 6.45) is 4.43. The Labute approximate surface area is 235 Å². The highest BCUT2D eigenvalue weighted by Gasteiger charge is 2.26. The lowest BCUT2D eigenvalue weighted by atomic mass is 10.0. The number of amides is 1. The molecule has 0 fully saturated rings. The zero-order chi connectivity index (χ0) is 27.7. The van der Waals surface area contributed by atoms with Crippen LogP contribution >= 0.6 is 34.5 Å². The molecule has 5 rings (SSSR count). The van der Waals surface area contributed by atoms with Crippen LogP contribution in [-0.2, 0) is 19.6 Å². The van der Waals surface area contributed by atoms with Crippen molar-refractivity contribution in [2.45, 2.75) is 33.2 Å². The van der Waals surface area contributed by atoms with E-state index in [1.165, 1.54) is 43.1 Å². The fraction of sp³-hybridized carbons (Fsp3) is 0.240. The molecule has 14 heteroatoms. The third-order valence-corrected chi connectivity index (χ3v) is 7.43. The summed E-state index contributed by atoms with van der Waals surface area (Å²) in [5.41, 5.74) is 3.78. The highest BCUT2D eigenvalue weighted by atomic mass is 35.5. The number of halogens is 4. The van der Waals surface area contributed by atoms with Crippen LogP contribution in [0.15, 0.2) is 36.8 Å². The second kappa shape index (κ2) is 11.3. The minimum atomic E-state index is -2.97. The monoisotopic (exact) mass is 592 g/mol. The first-order valence-electron chi connectivity index (χ1n) is 11.5. The molecule has 5 heterocycles. The Balaban J connectivity index is 1.29. The smallest absolute Gasteiger partial charge is 0.388 e. The summed E-state index contributed by atoms with van der Waals surface area (Å²) in [5, 5.41) is 3.89. The third kappa shape index (κ3) is 6.09. The van der Waals surface area contributed by atoms with Crippen molar-refractivity contribution < 1.29 is 23.0 Å². The summed E-state index contributed by atoms with van der Waals surface area (Å²) in [6, 6.07) is 4.69. The van der Waals surface area contributed by atoms with Crippen LogP contribution in [0.4, 0.5) is 13.9 Å². The summed E-state index contributed by atoms with van der Waals surface area (Å²) in [5.74, 6) is -0.140. The predicted octanol–water partition coefficient (Wildman–Crippen LogP) is 5.99. The minimum Gasteiger partial charge on any atom is -0.494 e. The molecule has 4 aromatic heterocycles. The maximum Gasteiger partial charge on any atom is 0.388 e. The second-order valence-corrected chi connectivity index (χ2v) is 10.4. The van der Waals surface area contributed by atoms with Crippen molar-refractivity contribution in [3.63, 3.8) is 0 Å². The van der Waals surface area contributed by atoms with Crippen LogP contribution in [-0.4, -0.2) is 44.5 Å². The van der Waals surface area contributed by atoms with Crippen LogP contribution in [0.25, 0.3) is 11.1 Å². The lowest BCUT2D eigenvalue weighted by Gasteiger charge is -2.16. The maximum atomic E-state index is 13.3. The van der Waals surface area contributed by atoms with Crippen molar-refractivity contribution in [1.82, 2.24) is 24.8 Å². The molecule has 1 amide bonds. The van der Waals surface area contributed by atoms with Gasteiger partial charge in [0.2, 0.25) is 5.88 Å². The molecule has 9 nitrogen and oxygen atoms in total. The van der Waals surface area contributed by atoms with Crippen LogP contribution < -0.4 is 14.8 Å². The van der Waals surface area contributed by atoms with Gasteiger partial charge in [-0.15, -0.1) is 11.3 Å². The van der Waals surface area contributed by atoms with Gasteiger partial charge in [-0.3, -0.25) is 20.0 Å². The van der Waals surface area contributed by atoms with Gasteiger partial charge < -0.3 is 9.47 Å². The third-order valence-electron chi connectivity index (χ3n) is 5.88. The summed E-state index contributed by atoms with van der Waals surface area (Å²) in [6.45, 7) is 0.406. The Hall–Kier alpha value is -3.45. The average molecular weight is 593 g/mol. The number of carbonyl (C=O) groups is 1. The summed E-state index contributed by atoms with van der Waals surface area (Å²) in [4.78, 5) is 33.2. The van der Waals surface area contributed by atoms with Gasteiger partial charge in [0.15, 0.2) is 5.13 Å². The number of alkyl halides is 2. The van der Waals surface area contributed by atoms with E-state index in [2.05, 4.69) is 34.9 Å². The molecule has 4 aromatic rings. The van der Waals surface area contributed by atoms with Crippen LogP contribution in [0.1, 0.15) is 32.2 Å². The predicted molar refractivity (Wildman–Crippen MR) is 143 cm³/mol. The number of hydrogen-bond donors (Lipinski definition) is 1. The van der Waals surface area contributed by atoms with E-state index >= 15 is 0 Å². The standard InChI is InChI=1S/C25H20Cl2F2N6O3S/c1-12-3-14(15-4-21(27)31-8-19(15)37-2)16(7-30-12)23(36)34-25-33-18-10-35(11-20(18)39-25)9-13-6-32-22(5-17(13)26)38-24(28)29/h3-8,24H,9-11H2,1-2H3,(H,33,34,36). The number of hydrogen-bond acceptors (Lipinski definition) is 9. The number of carbonyl (C=O) groups excluding carboxylic acids is 1. The highest BCUT2D eigenvalue weighted by Crippen LogP contribution is 2.36. The molecule has 0 saturated carbocycles. The van der Waals surface area contributed by atoms with Gasteiger partial charge >= 0.3 is 6.61 Å². The first kappa shape index (κ1) is 27.1. The molecule has 0 unspecified atom stereocenters. The normalized spacial score (nSPS) is 13.0. The van der Waals surface area contributed by atoms with Crippen molar-refractivity contribution in [3.05, 3.63) is 74.4 Å². The highest BCUT2D eigenvalue weighted by molar-refractivity contribution is 7.15. The molecule has 202 valence electrons. The van der Waals surface area contributed by atoms with Crippen LogP contribution in [0.5, 0.6) is 11.6 Å². The summed E-state index contributed by atoms with van der Waals surface area (Å²) >= 11 is 13.7. The Bertz CT molecular complexity index is 1530. The molecule has 1 N–H and O–H groups in total. The first-order chi connectivity index (χ1) is 18.7. The quantitative estimate of drug-likeness (QED) is 0.249. The maximum absolute atomic E-state index is 13.3. The van der Waals surface area contributed by atoms with Crippen LogP contribution in [0.3, 0.4) is 0 Å². The molecule has 1 aliphatic rings. The number of anilines is 1. The minimum absolute atomic E-state index is 0.237. The van der Waals surface area contributed by atoms with Gasteiger partial charge in [0, 0.05) is 65.4 Å². The van der Waals surface area contributed by atoms with Crippen molar-refractivity contribution in [2.75, 3.05) is 12.4 Å². The Morgan fingerprint density at radius 2 is 1.95 bits per heavy atom. The van der Waals surface area contributed by atoms with Gasteiger partial charge in [-0.05, 0) is 19.1 Å². The van der Waals surface area contributed by atoms with Gasteiger partial charge in [0.25, 0.3) is 5.91 Å². The zero-order valence-corrected chi connectivity index (χ0v) is 22.9. The van der Waals surface area contributed by atoms with Crippen molar-refractivity contribution in [3.8, 4) is 22.8 Å². The van der Waals surface area contributed by atoms with Gasteiger partial charge in [0.1, 0.15) is 10.9 Å². The molecular weight excluding hydrogens is 573 g/mol. The number of aryl methyl sites for hydroxylation is 1. The molecular formula is C25H20Cl2F2N6O3S. The van der Waals surface area contributed by atoms with Crippen LogP contribution in [0.2, 0.25) is 10.2 Å². The number of nitrogens with one attached hydrogen (secondary N) is 1. The van der Waals surface area contributed by atoms with Gasteiger partial charge in [-0.1, -0.05) is 23.2 Å². The molecule has 39 heavy (non-hydrogen) atoms. The van der Waals surface area contributed by atoms with Crippen LogP contribution in [0, 0.1) is 6.92 Å². The number of aromatic nitrogens is 4. The molecule has 0 saturated heterocycles. The fourth-order valence-corrected chi connectivity index (χ4v) is 5.51. The molecule has 0 radical (unpaired) electrons. The van der Waals surface area contributed by atoms with E-state index < -0.39 is 6.61 Å². The average Bonchev–Trinajstić information content (AvgIpc) is 3.43. The first-order valence-corrected chi connectivity index (χ1v) is 13.1. The number of pyridine rings is 3. The second-order valence-electron chi connectivity index (χ2n) is 8.56. The van der Waals surface area contributed by atoms with E-state index in [4.69, 9.17) is 27.9 Å². The van der Waals surface area contributed by atoms with E-state index in [-0.39, 0.29) is 22.0 Å². The van der Waals surface area contributed by atoms with E-state index in [1.54, 1.807) is 12.1 Å². The Morgan fingerprint density at radius 1 is 1.13 bits per heavy atom. The Kier molecular flexibility index (Phi) is 7.89. The largest absolute Gasteiger partial charge is 0.494 e. The lowest BCUT2D eigenvalue weighted by molar-refractivity contribution is -0.0528. The molecule has 0 spiro atoms. The number of methoxy groups -OCH3 is 1. The van der Waals surface area contributed by atoms with Gasteiger partial charge in [0.05, 0.1) is 29.6 Å². The Morgan fingerprint density at radius 3 is 2.67 bits per heavy atom. The molecule has 1 aliphatic heterocycles. The lowest BCUT2D eigenvalue weighted by Crippen LogP contribution is -2.17. The number of nitrogens with zero attached hydrogens (tertiary/aromatic N) is 5. The van der Waals surface area contributed by atoms with Gasteiger partial charge in [-0.25, -0.2) is 15.0 Å². The molecule has 0 aromatic carbocycles. The van der Waals surface area contributed by atoms with E-state index in [0.29, 0.717) is 52.8 Å². The molecule has 0 atom stereocenters. The number of fused-ring (bicyclic) bond motifs is 1. The molecule has 0 bridgehead atoms.